The lowest BCUT2D eigenvalue weighted by molar-refractivity contribution is 0.563. The van der Waals surface area contributed by atoms with E-state index in [1.54, 1.807) is 0 Å². The summed E-state index contributed by atoms with van der Waals surface area (Å²) in [6.45, 7) is 9.26. The molecule has 0 rings (SSSR count). The van der Waals surface area contributed by atoms with Crippen LogP contribution < -0.4 is 0 Å². The minimum absolute atomic E-state index is 1.03. The molecule has 57 heavy (non-hydrogen) atoms. The van der Waals surface area contributed by atoms with Gasteiger partial charge in [-0.2, -0.15) is 0 Å². The summed E-state index contributed by atoms with van der Waals surface area (Å²) in [4.78, 5) is 0. The van der Waals surface area contributed by atoms with Crippen LogP contribution in [0.15, 0.2) is 19.6 Å². The first kappa shape index (κ1) is 58.2. The standard InChI is InChI=1S/C52H101ClS4/c1-5-9-13-17-21-25-29-33-37-41-45-54-51(55-46-42-38-34-30-26-22-18-14-10-6-2)49-50(53)52(56-47-43-39-35-31-27-23-19-15-11-7-3)57-48-44-40-36-32-28-24-20-16-12-8-4/h49H,5-48H2,1-4H3. The van der Waals surface area contributed by atoms with Crippen molar-refractivity contribution in [2.24, 2.45) is 0 Å². The molecule has 5 heteroatoms. The molecule has 0 nitrogen and oxygen atoms in total. The van der Waals surface area contributed by atoms with Crippen molar-refractivity contribution in [3.8, 4) is 0 Å². The lowest BCUT2D eigenvalue weighted by Crippen LogP contribution is -1.89. The van der Waals surface area contributed by atoms with Crippen LogP contribution in [0.2, 0.25) is 0 Å². The van der Waals surface area contributed by atoms with E-state index in [1.165, 1.54) is 288 Å². The van der Waals surface area contributed by atoms with E-state index in [9.17, 15) is 0 Å². The highest BCUT2D eigenvalue weighted by Gasteiger charge is 2.09. The quantitative estimate of drug-likeness (QED) is 0.0441. The van der Waals surface area contributed by atoms with Crippen molar-refractivity contribution in [2.75, 3.05) is 23.0 Å². The van der Waals surface area contributed by atoms with Crippen molar-refractivity contribution in [1.29, 1.82) is 0 Å². The third-order valence-corrected chi connectivity index (χ3v) is 17.1. The summed E-state index contributed by atoms with van der Waals surface area (Å²) in [7, 11) is 0. The molecule has 0 aliphatic heterocycles. The molecule has 0 bridgehead atoms. The van der Waals surface area contributed by atoms with Crippen LogP contribution in [0.5, 0.6) is 0 Å². The summed E-state index contributed by atoms with van der Waals surface area (Å²) >= 11 is 15.7. The van der Waals surface area contributed by atoms with Gasteiger partial charge >= 0.3 is 0 Å². The molecule has 0 fully saturated rings. The first-order valence-corrected chi connectivity index (χ1v) is 30.1. The van der Waals surface area contributed by atoms with E-state index in [2.05, 4.69) is 80.8 Å². The fraction of sp³-hybridized carbons (Fsp3) is 0.923. The third-order valence-electron chi connectivity index (χ3n) is 11.4. The molecule has 0 amide bonds. The molecule has 0 aliphatic rings. The maximum atomic E-state index is 7.33. The molecule has 0 aromatic carbocycles. The fourth-order valence-corrected chi connectivity index (χ4v) is 12.7. The molecule has 0 aromatic heterocycles. The van der Waals surface area contributed by atoms with Gasteiger partial charge in [-0.05, 0) is 54.8 Å². The van der Waals surface area contributed by atoms with E-state index >= 15 is 0 Å². The lowest BCUT2D eigenvalue weighted by Gasteiger charge is -2.12. The highest BCUT2D eigenvalue weighted by Crippen LogP contribution is 2.39. The summed E-state index contributed by atoms with van der Waals surface area (Å²) in [5, 5.41) is 1.03. The summed E-state index contributed by atoms with van der Waals surface area (Å²) in [6, 6.07) is 0. The molecule has 0 aromatic rings. The SMILES string of the molecule is CCCCCCCCCCCCSC(=CC(Cl)=C(SCCCCCCCCCCCC)SCCCCCCCCCCCC)SCCCCCCCCCCCC. The Balaban J connectivity index is 5.11. The van der Waals surface area contributed by atoms with Gasteiger partial charge in [0.25, 0.3) is 0 Å². The van der Waals surface area contributed by atoms with E-state index in [4.69, 9.17) is 11.6 Å². The zero-order valence-electron chi connectivity index (χ0n) is 39.2. The van der Waals surface area contributed by atoms with Crippen LogP contribution in [0, 0.1) is 0 Å². The monoisotopic (exact) mass is 889 g/mol. The fourth-order valence-electron chi connectivity index (χ4n) is 7.50. The van der Waals surface area contributed by atoms with Gasteiger partial charge in [0.05, 0.1) is 9.27 Å². The second kappa shape index (κ2) is 51.5. The first-order chi connectivity index (χ1) is 28.2. The Morgan fingerprint density at radius 2 is 0.474 bits per heavy atom. The van der Waals surface area contributed by atoms with Gasteiger partial charge in [-0.25, -0.2) is 0 Å². The Bertz CT molecular complexity index is 771. The smallest absolute Gasteiger partial charge is 0.0622 e. The summed E-state index contributed by atoms with van der Waals surface area (Å²) in [5.41, 5.74) is 0. The molecule has 0 atom stereocenters. The normalized spacial score (nSPS) is 11.5. The van der Waals surface area contributed by atoms with E-state index in [0.717, 1.165) is 5.03 Å². The van der Waals surface area contributed by atoms with Gasteiger partial charge in [-0.1, -0.05) is 270 Å². The van der Waals surface area contributed by atoms with Gasteiger partial charge in [0, 0.05) is 4.24 Å². The van der Waals surface area contributed by atoms with Gasteiger partial charge in [0.15, 0.2) is 0 Å². The van der Waals surface area contributed by atoms with Crippen LogP contribution >= 0.6 is 58.6 Å². The third kappa shape index (κ3) is 46.5. The summed E-state index contributed by atoms with van der Waals surface area (Å²) in [6.07, 6.45) is 58.7. The van der Waals surface area contributed by atoms with Gasteiger partial charge < -0.3 is 0 Å². The molecule has 0 spiro atoms. The van der Waals surface area contributed by atoms with E-state index in [-0.39, 0.29) is 0 Å². The highest BCUT2D eigenvalue weighted by molar-refractivity contribution is 8.22. The Hall–Kier alpha value is 1.17. The molecule has 0 saturated carbocycles. The molecule has 0 radical (unpaired) electrons. The Morgan fingerprint density at radius 3 is 0.702 bits per heavy atom. The van der Waals surface area contributed by atoms with Crippen molar-refractivity contribution in [1.82, 2.24) is 0 Å². The summed E-state index contributed by atoms with van der Waals surface area (Å²) in [5.74, 6) is 4.91. The summed E-state index contributed by atoms with van der Waals surface area (Å²) < 4.78 is 2.88. The van der Waals surface area contributed by atoms with Crippen LogP contribution in [0.4, 0.5) is 0 Å². The number of hydrogen-bond donors (Lipinski definition) is 0. The molecule has 0 saturated heterocycles. The molecule has 0 unspecified atom stereocenters. The van der Waals surface area contributed by atoms with Gasteiger partial charge in [-0.15, -0.1) is 47.0 Å². The van der Waals surface area contributed by atoms with Crippen molar-refractivity contribution in [2.45, 2.75) is 285 Å². The zero-order chi connectivity index (χ0) is 41.4. The Kier molecular flexibility index (Phi) is 52.6. The number of thioether (sulfide) groups is 4. The van der Waals surface area contributed by atoms with Crippen LogP contribution in [-0.4, -0.2) is 23.0 Å². The predicted octanol–water partition coefficient (Wildman–Crippen LogP) is 21.9. The van der Waals surface area contributed by atoms with Crippen molar-refractivity contribution in [3.63, 3.8) is 0 Å². The average Bonchev–Trinajstić information content (AvgIpc) is 3.21. The predicted molar refractivity (Wildman–Crippen MR) is 278 cm³/mol. The van der Waals surface area contributed by atoms with Crippen LogP contribution in [-0.2, 0) is 0 Å². The molecular formula is C52H101ClS4. The number of hydrogen-bond acceptors (Lipinski definition) is 4. The second-order valence-electron chi connectivity index (χ2n) is 17.2. The van der Waals surface area contributed by atoms with Crippen LogP contribution in [0.3, 0.4) is 0 Å². The van der Waals surface area contributed by atoms with E-state index in [0.29, 0.717) is 0 Å². The van der Waals surface area contributed by atoms with E-state index < -0.39 is 0 Å². The van der Waals surface area contributed by atoms with Gasteiger partial charge in [0.1, 0.15) is 0 Å². The molecule has 340 valence electrons. The van der Waals surface area contributed by atoms with Gasteiger partial charge in [0.2, 0.25) is 0 Å². The number of allylic oxidation sites excluding steroid dienone is 2. The topological polar surface area (TPSA) is 0 Å². The largest absolute Gasteiger partial charge is 0.119 e. The van der Waals surface area contributed by atoms with Gasteiger partial charge in [-0.3, -0.25) is 0 Å². The van der Waals surface area contributed by atoms with Crippen molar-refractivity contribution in [3.05, 3.63) is 19.6 Å². The van der Waals surface area contributed by atoms with Crippen molar-refractivity contribution < 1.29 is 0 Å². The molecule has 0 heterocycles. The Morgan fingerprint density at radius 1 is 0.281 bits per heavy atom. The second-order valence-corrected chi connectivity index (χ2v) is 22.6. The number of halogens is 1. The van der Waals surface area contributed by atoms with Crippen LogP contribution in [0.25, 0.3) is 0 Å². The molecule has 0 aliphatic carbocycles. The maximum absolute atomic E-state index is 7.33. The average molecular weight is 890 g/mol. The maximum Gasteiger partial charge on any atom is 0.0622 e. The Labute approximate surface area is 383 Å². The first-order valence-electron chi connectivity index (χ1n) is 25.8. The molecular weight excluding hydrogens is 788 g/mol. The lowest BCUT2D eigenvalue weighted by atomic mass is 10.1. The highest BCUT2D eigenvalue weighted by atomic mass is 35.5. The minimum Gasteiger partial charge on any atom is -0.119 e. The zero-order valence-corrected chi connectivity index (χ0v) is 43.2. The van der Waals surface area contributed by atoms with E-state index in [1.807, 2.05) is 0 Å². The molecule has 0 N–H and O–H groups in total. The number of unbranched alkanes of at least 4 members (excludes halogenated alkanes) is 36. The van der Waals surface area contributed by atoms with Crippen LogP contribution in [0.1, 0.15) is 285 Å². The number of rotatable bonds is 49. The minimum atomic E-state index is 1.03. The van der Waals surface area contributed by atoms with Crippen molar-refractivity contribution >= 4 is 58.6 Å².